The van der Waals surface area contributed by atoms with E-state index in [1.54, 1.807) is 0 Å². The zero-order valence-corrected chi connectivity index (χ0v) is 13.4. The molecule has 1 aliphatic rings. The van der Waals surface area contributed by atoms with Gasteiger partial charge in [0.1, 0.15) is 12.4 Å². The van der Waals surface area contributed by atoms with Crippen molar-refractivity contribution in [3.63, 3.8) is 0 Å². The van der Waals surface area contributed by atoms with Crippen LogP contribution in [0, 0.1) is 5.82 Å². The van der Waals surface area contributed by atoms with Crippen LogP contribution in [0.1, 0.15) is 17.9 Å². The Bertz CT molecular complexity index is 848. The maximum Gasteiger partial charge on any atom is 0.241 e. The van der Waals surface area contributed by atoms with Crippen LogP contribution in [-0.2, 0) is 20.9 Å². The topological polar surface area (TPSA) is 105 Å². The maximum absolute atomic E-state index is 13.5. The predicted molar refractivity (Wildman–Crippen MR) is 87.3 cm³/mol. The number of benzene rings is 1. The highest BCUT2D eigenvalue weighted by molar-refractivity contribution is 6.05. The molecule has 0 saturated heterocycles. The van der Waals surface area contributed by atoms with Crippen molar-refractivity contribution in [2.24, 2.45) is 0 Å². The third-order valence-electron chi connectivity index (χ3n) is 3.85. The van der Waals surface area contributed by atoms with E-state index in [0.717, 1.165) is 0 Å². The summed E-state index contributed by atoms with van der Waals surface area (Å²) >= 11 is 0. The molecule has 0 bridgehead atoms. The maximum atomic E-state index is 13.5. The van der Waals surface area contributed by atoms with E-state index < -0.39 is 17.6 Å². The second-order valence-electron chi connectivity index (χ2n) is 5.63. The first-order valence-electron chi connectivity index (χ1n) is 7.59. The van der Waals surface area contributed by atoms with Crippen LogP contribution < -0.4 is 16.0 Å². The van der Waals surface area contributed by atoms with Crippen molar-refractivity contribution < 1.29 is 18.8 Å². The van der Waals surface area contributed by atoms with Gasteiger partial charge in [0, 0.05) is 25.4 Å². The van der Waals surface area contributed by atoms with Gasteiger partial charge in [-0.2, -0.15) is 5.10 Å². The Morgan fingerprint density at radius 1 is 1.44 bits per heavy atom. The smallest absolute Gasteiger partial charge is 0.241 e. The average Bonchev–Trinajstić information content (AvgIpc) is 3.01. The molecule has 0 spiro atoms. The molecule has 0 fully saturated rings. The fourth-order valence-electron chi connectivity index (χ4n) is 2.64. The fraction of sp³-hybridized carbons (Fsp3) is 0.250. The number of likely N-dealkylation sites (N-methyl/N-ethyl adjacent to an activating group) is 1. The third-order valence-corrected chi connectivity index (χ3v) is 3.85. The number of amides is 3. The standard InChI is InChI=1S/C16H16FN5O3/c1-18-15(24)8-22-7-10(6-19-22)20-16(25)12-5-14(23)21-13-3-2-9(17)4-11(12)13/h2-4,6-7,12H,5,8H2,1H3,(H,18,24)(H,20,25)(H,21,23). The highest BCUT2D eigenvalue weighted by Gasteiger charge is 2.31. The Kier molecular flexibility index (Phi) is 4.46. The molecule has 1 unspecified atom stereocenters. The van der Waals surface area contributed by atoms with E-state index >= 15 is 0 Å². The van der Waals surface area contributed by atoms with E-state index in [1.165, 1.54) is 42.3 Å². The number of anilines is 2. The largest absolute Gasteiger partial charge is 0.358 e. The molecular weight excluding hydrogens is 329 g/mol. The quantitative estimate of drug-likeness (QED) is 0.763. The molecule has 8 nitrogen and oxygen atoms in total. The minimum Gasteiger partial charge on any atom is -0.358 e. The molecule has 3 amide bonds. The Morgan fingerprint density at radius 3 is 3.00 bits per heavy atom. The lowest BCUT2D eigenvalue weighted by atomic mass is 9.89. The molecule has 0 aliphatic carbocycles. The van der Waals surface area contributed by atoms with Crippen LogP contribution in [0.2, 0.25) is 0 Å². The predicted octanol–water partition coefficient (Wildman–Crippen LogP) is 0.833. The van der Waals surface area contributed by atoms with Crippen molar-refractivity contribution in [2.45, 2.75) is 18.9 Å². The molecule has 1 aliphatic heterocycles. The summed E-state index contributed by atoms with van der Waals surface area (Å²) in [6.07, 6.45) is 2.83. The normalized spacial score (nSPS) is 15.9. The first-order chi connectivity index (χ1) is 12.0. The van der Waals surface area contributed by atoms with Crippen LogP contribution >= 0.6 is 0 Å². The Balaban J connectivity index is 1.77. The second kappa shape index (κ2) is 6.71. The average molecular weight is 345 g/mol. The molecule has 2 aromatic rings. The number of hydrogen-bond acceptors (Lipinski definition) is 4. The van der Waals surface area contributed by atoms with Gasteiger partial charge >= 0.3 is 0 Å². The Labute approximate surface area is 142 Å². The van der Waals surface area contributed by atoms with E-state index in [4.69, 9.17) is 0 Å². The number of nitrogens with zero attached hydrogens (tertiary/aromatic N) is 2. The number of hydrogen-bond donors (Lipinski definition) is 3. The van der Waals surface area contributed by atoms with E-state index in [2.05, 4.69) is 21.0 Å². The first-order valence-corrected chi connectivity index (χ1v) is 7.59. The van der Waals surface area contributed by atoms with E-state index in [0.29, 0.717) is 16.9 Å². The molecule has 1 aromatic carbocycles. The van der Waals surface area contributed by atoms with Gasteiger partial charge < -0.3 is 16.0 Å². The number of nitrogens with one attached hydrogen (secondary N) is 3. The minimum absolute atomic E-state index is 0.0201. The lowest BCUT2D eigenvalue weighted by molar-refractivity contribution is -0.123. The summed E-state index contributed by atoms with van der Waals surface area (Å²) < 4.78 is 14.9. The van der Waals surface area contributed by atoms with Gasteiger partial charge in [0.2, 0.25) is 17.7 Å². The summed E-state index contributed by atoms with van der Waals surface area (Å²) in [5, 5.41) is 11.7. The van der Waals surface area contributed by atoms with Gasteiger partial charge in [-0.05, 0) is 23.8 Å². The number of aromatic nitrogens is 2. The lowest BCUT2D eigenvalue weighted by Crippen LogP contribution is -2.30. The first kappa shape index (κ1) is 16.6. The van der Waals surface area contributed by atoms with Crippen molar-refractivity contribution in [1.82, 2.24) is 15.1 Å². The van der Waals surface area contributed by atoms with Crippen molar-refractivity contribution >= 4 is 29.1 Å². The number of carbonyl (C=O) groups excluding carboxylic acids is 3. The molecule has 3 rings (SSSR count). The van der Waals surface area contributed by atoms with Crippen LogP contribution in [0.15, 0.2) is 30.6 Å². The SMILES string of the molecule is CNC(=O)Cn1cc(NC(=O)C2CC(=O)Nc3ccc(F)cc32)cn1. The fourth-order valence-corrected chi connectivity index (χ4v) is 2.64. The van der Waals surface area contributed by atoms with Gasteiger partial charge in [-0.1, -0.05) is 0 Å². The van der Waals surface area contributed by atoms with Gasteiger partial charge in [0.05, 0.1) is 17.8 Å². The Hall–Kier alpha value is -3.23. The molecule has 130 valence electrons. The minimum atomic E-state index is -0.804. The van der Waals surface area contributed by atoms with Crippen molar-refractivity contribution in [3.8, 4) is 0 Å². The molecule has 2 heterocycles. The number of rotatable bonds is 4. The van der Waals surface area contributed by atoms with E-state index in [1.807, 2.05) is 0 Å². The second-order valence-corrected chi connectivity index (χ2v) is 5.63. The summed E-state index contributed by atoms with van der Waals surface area (Å²) in [5.41, 5.74) is 1.24. The van der Waals surface area contributed by atoms with Crippen LogP contribution in [-0.4, -0.2) is 34.5 Å². The van der Waals surface area contributed by atoms with Crippen LogP contribution in [0.25, 0.3) is 0 Å². The van der Waals surface area contributed by atoms with E-state index in [-0.39, 0.29) is 24.8 Å². The Morgan fingerprint density at radius 2 is 2.24 bits per heavy atom. The molecule has 0 saturated carbocycles. The van der Waals surface area contributed by atoms with Gasteiger partial charge in [0.25, 0.3) is 0 Å². The molecule has 0 radical (unpaired) electrons. The molecule has 25 heavy (non-hydrogen) atoms. The van der Waals surface area contributed by atoms with Crippen molar-refractivity contribution in [1.29, 1.82) is 0 Å². The van der Waals surface area contributed by atoms with Gasteiger partial charge in [0.15, 0.2) is 0 Å². The highest BCUT2D eigenvalue weighted by atomic mass is 19.1. The van der Waals surface area contributed by atoms with Crippen molar-refractivity contribution in [3.05, 3.63) is 42.0 Å². The highest BCUT2D eigenvalue weighted by Crippen LogP contribution is 2.33. The van der Waals surface area contributed by atoms with Gasteiger partial charge in [-0.3, -0.25) is 19.1 Å². The van der Waals surface area contributed by atoms with Crippen molar-refractivity contribution in [2.75, 3.05) is 17.7 Å². The monoisotopic (exact) mass is 345 g/mol. The van der Waals surface area contributed by atoms with Crippen LogP contribution in [0.4, 0.5) is 15.8 Å². The van der Waals surface area contributed by atoms with Gasteiger partial charge in [-0.15, -0.1) is 0 Å². The number of carbonyl (C=O) groups is 3. The zero-order chi connectivity index (χ0) is 18.0. The number of fused-ring (bicyclic) bond motifs is 1. The molecule has 1 aromatic heterocycles. The molecule has 3 N–H and O–H groups in total. The zero-order valence-electron chi connectivity index (χ0n) is 13.4. The lowest BCUT2D eigenvalue weighted by Gasteiger charge is -2.24. The van der Waals surface area contributed by atoms with E-state index in [9.17, 15) is 18.8 Å². The van der Waals surface area contributed by atoms with Crippen LogP contribution in [0.3, 0.4) is 0 Å². The molecular formula is C16H16FN5O3. The summed E-state index contributed by atoms with van der Waals surface area (Å²) in [5.74, 6) is -2.27. The summed E-state index contributed by atoms with van der Waals surface area (Å²) in [4.78, 5) is 35.7. The summed E-state index contributed by atoms with van der Waals surface area (Å²) in [7, 11) is 1.51. The summed E-state index contributed by atoms with van der Waals surface area (Å²) in [6, 6.07) is 3.90. The third kappa shape index (κ3) is 3.65. The molecule has 9 heteroatoms. The summed E-state index contributed by atoms with van der Waals surface area (Å²) in [6.45, 7) is 0.0201. The van der Waals surface area contributed by atoms with Crippen LogP contribution in [0.5, 0.6) is 0 Å². The van der Waals surface area contributed by atoms with Gasteiger partial charge in [-0.25, -0.2) is 4.39 Å². The number of halogens is 1. The molecule has 1 atom stereocenters.